The highest BCUT2D eigenvalue weighted by Crippen LogP contribution is 2.31. The van der Waals surface area contributed by atoms with Crippen LogP contribution in [0.5, 0.6) is 0 Å². The zero-order valence-electron chi connectivity index (χ0n) is 9.56. The van der Waals surface area contributed by atoms with Gasteiger partial charge in [0.1, 0.15) is 5.01 Å². The molecule has 0 aromatic carbocycles. The highest BCUT2D eigenvalue weighted by Gasteiger charge is 2.40. The van der Waals surface area contributed by atoms with Gasteiger partial charge in [0.25, 0.3) is 0 Å². The second-order valence-electron chi connectivity index (χ2n) is 4.71. The molecule has 2 heterocycles. The summed E-state index contributed by atoms with van der Waals surface area (Å²) in [4.78, 5) is 17.7. The summed E-state index contributed by atoms with van der Waals surface area (Å²) < 4.78 is 0. The minimum absolute atomic E-state index is 0.577. The predicted octanol–water partition coefficient (Wildman–Crippen LogP) is 1.75. The highest BCUT2D eigenvalue weighted by molar-refractivity contribution is 7.09. The van der Waals surface area contributed by atoms with E-state index in [2.05, 4.69) is 9.88 Å². The van der Waals surface area contributed by atoms with Gasteiger partial charge >= 0.3 is 5.97 Å². The van der Waals surface area contributed by atoms with Crippen molar-refractivity contribution in [2.24, 2.45) is 5.41 Å². The van der Waals surface area contributed by atoms with Crippen LogP contribution in [0.1, 0.15) is 24.0 Å². The molecule has 5 heteroatoms. The molecular formula is C11H16N2O2S. The molecule has 0 amide bonds. The molecule has 0 bridgehead atoms. The first kappa shape index (κ1) is 11.5. The van der Waals surface area contributed by atoms with E-state index in [0.29, 0.717) is 6.54 Å². The van der Waals surface area contributed by atoms with Crippen molar-refractivity contribution in [3.63, 3.8) is 0 Å². The molecule has 2 rings (SSSR count). The normalized spacial score (nSPS) is 26.1. The largest absolute Gasteiger partial charge is 0.481 e. The van der Waals surface area contributed by atoms with Gasteiger partial charge in [0, 0.05) is 17.6 Å². The summed E-state index contributed by atoms with van der Waals surface area (Å²) in [6.07, 6.45) is 0.729. The molecule has 1 aliphatic rings. The van der Waals surface area contributed by atoms with Crippen molar-refractivity contribution < 1.29 is 9.90 Å². The van der Waals surface area contributed by atoms with E-state index in [1.54, 1.807) is 11.3 Å². The van der Waals surface area contributed by atoms with Gasteiger partial charge in [0.05, 0.1) is 12.0 Å². The first-order valence-electron chi connectivity index (χ1n) is 5.36. The van der Waals surface area contributed by atoms with E-state index in [1.807, 2.05) is 19.2 Å². The van der Waals surface area contributed by atoms with Crippen LogP contribution >= 0.6 is 11.3 Å². The Kier molecular flexibility index (Phi) is 2.99. The summed E-state index contributed by atoms with van der Waals surface area (Å²) in [5.41, 5.74) is 0.465. The molecule has 4 nitrogen and oxygen atoms in total. The zero-order chi connectivity index (χ0) is 11.8. The average molecular weight is 240 g/mol. The summed E-state index contributed by atoms with van der Waals surface area (Å²) in [6, 6.07) is 0. The van der Waals surface area contributed by atoms with Crippen LogP contribution in [0.25, 0.3) is 0 Å². The Hall–Kier alpha value is -0.940. The van der Waals surface area contributed by atoms with Gasteiger partial charge in [-0.1, -0.05) is 0 Å². The van der Waals surface area contributed by atoms with Gasteiger partial charge < -0.3 is 5.11 Å². The van der Waals surface area contributed by atoms with Gasteiger partial charge in [-0.25, -0.2) is 4.98 Å². The molecule has 1 aromatic rings. The quantitative estimate of drug-likeness (QED) is 0.874. The molecule has 16 heavy (non-hydrogen) atoms. The Balaban J connectivity index is 1.97. The number of rotatable bonds is 3. The van der Waals surface area contributed by atoms with E-state index in [4.69, 9.17) is 5.11 Å². The van der Waals surface area contributed by atoms with Crippen LogP contribution in [0.15, 0.2) is 5.38 Å². The lowest BCUT2D eigenvalue weighted by atomic mass is 9.90. The number of aliphatic carboxylic acids is 1. The molecule has 0 saturated carbocycles. The first-order valence-corrected chi connectivity index (χ1v) is 6.24. The number of hydrogen-bond acceptors (Lipinski definition) is 4. The number of likely N-dealkylation sites (tertiary alicyclic amines) is 1. The van der Waals surface area contributed by atoms with E-state index in [1.165, 1.54) is 0 Å². The standard InChI is InChI=1S/C11H16N2O2S/c1-8-6-16-9(12-8)5-13-4-3-11(2,7-13)10(14)15/h6H,3-5,7H2,1-2H3,(H,14,15). The van der Waals surface area contributed by atoms with Gasteiger partial charge in [-0.2, -0.15) is 0 Å². The maximum Gasteiger partial charge on any atom is 0.310 e. The lowest BCUT2D eigenvalue weighted by molar-refractivity contribution is -0.147. The maximum atomic E-state index is 11.1. The lowest BCUT2D eigenvalue weighted by Gasteiger charge is -2.19. The second-order valence-corrected chi connectivity index (χ2v) is 5.65. The van der Waals surface area contributed by atoms with Crippen LogP contribution in [0.2, 0.25) is 0 Å². The van der Waals surface area contributed by atoms with Crippen molar-refractivity contribution in [2.75, 3.05) is 13.1 Å². The number of hydrogen-bond donors (Lipinski definition) is 1. The van der Waals surface area contributed by atoms with Crippen molar-refractivity contribution in [1.29, 1.82) is 0 Å². The van der Waals surface area contributed by atoms with E-state index in [9.17, 15) is 4.79 Å². The maximum absolute atomic E-state index is 11.1. The van der Waals surface area contributed by atoms with E-state index < -0.39 is 11.4 Å². The van der Waals surface area contributed by atoms with E-state index in [0.717, 1.165) is 30.2 Å². The summed E-state index contributed by atoms with van der Waals surface area (Å²) in [5, 5.41) is 12.2. The molecule has 0 radical (unpaired) electrons. The number of nitrogens with zero attached hydrogens (tertiary/aromatic N) is 2. The Morgan fingerprint density at radius 2 is 2.50 bits per heavy atom. The van der Waals surface area contributed by atoms with Crippen LogP contribution in [0.3, 0.4) is 0 Å². The molecule has 1 atom stereocenters. The van der Waals surface area contributed by atoms with Crippen molar-refractivity contribution in [3.8, 4) is 0 Å². The van der Waals surface area contributed by atoms with E-state index in [-0.39, 0.29) is 0 Å². The minimum Gasteiger partial charge on any atom is -0.481 e. The second kappa shape index (κ2) is 4.14. The number of carboxylic acids is 1. The molecule has 1 aromatic heterocycles. The SMILES string of the molecule is Cc1csc(CN2CCC(C)(C(=O)O)C2)n1. The predicted molar refractivity (Wildman–Crippen MR) is 62.5 cm³/mol. The molecule has 0 spiro atoms. The first-order chi connectivity index (χ1) is 7.49. The molecule has 1 aliphatic heterocycles. The fraction of sp³-hybridized carbons (Fsp3) is 0.636. The Labute approximate surface area is 98.9 Å². The van der Waals surface area contributed by atoms with Crippen LogP contribution in [0, 0.1) is 12.3 Å². The number of carboxylic acid groups (broad SMARTS) is 1. The molecule has 1 N–H and O–H groups in total. The smallest absolute Gasteiger partial charge is 0.310 e. The molecule has 88 valence electrons. The van der Waals surface area contributed by atoms with Crippen LogP contribution in [-0.2, 0) is 11.3 Å². The Morgan fingerprint density at radius 1 is 1.75 bits per heavy atom. The summed E-state index contributed by atoms with van der Waals surface area (Å²) >= 11 is 1.64. The minimum atomic E-state index is -0.690. The molecule has 1 unspecified atom stereocenters. The molecule has 1 saturated heterocycles. The fourth-order valence-electron chi connectivity index (χ4n) is 2.03. The monoisotopic (exact) mass is 240 g/mol. The zero-order valence-corrected chi connectivity index (χ0v) is 10.4. The van der Waals surface area contributed by atoms with Crippen LogP contribution in [0.4, 0.5) is 0 Å². The third-order valence-electron chi connectivity index (χ3n) is 3.09. The van der Waals surface area contributed by atoms with Crippen LogP contribution < -0.4 is 0 Å². The molecular weight excluding hydrogens is 224 g/mol. The summed E-state index contributed by atoms with van der Waals surface area (Å²) in [7, 11) is 0. The third-order valence-corrected chi connectivity index (χ3v) is 4.05. The summed E-state index contributed by atoms with van der Waals surface area (Å²) in [6.45, 7) is 6.05. The van der Waals surface area contributed by atoms with Gasteiger partial charge in [0.2, 0.25) is 0 Å². The third kappa shape index (κ3) is 2.25. The molecule has 0 aliphatic carbocycles. The Bertz CT molecular complexity index is 404. The number of aryl methyl sites for hydroxylation is 1. The topological polar surface area (TPSA) is 53.4 Å². The van der Waals surface area contributed by atoms with Gasteiger partial charge in [-0.05, 0) is 26.8 Å². The van der Waals surface area contributed by atoms with Crippen molar-refractivity contribution >= 4 is 17.3 Å². The van der Waals surface area contributed by atoms with Gasteiger partial charge in [-0.3, -0.25) is 9.69 Å². The van der Waals surface area contributed by atoms with Gasteiger partial charge in [0.15, 0.2) is 0 Å². The number of aromatic nitrogens is 1. The summed E-state index contributed by atoms with van der Waals surface area (Å²) in [5.74, 6) is -0.690. The lowest BCUT2D eigenvalue weighted by Crippen LogP contribution is -2.31. The van der Waals surface area contributed by atoms with Gasteiger partial charge in [-0.15, -0.1) is 11.3 Å². The van der Waals surface area contributed by atoms with Crippen molar-refractivity contribution in [2.45, 2.75) is 26.8 Å². The Morgan fingerprint density at radius 3 is 3.00 bits per heavy atom. The highest BCUT2D eigenvalue weighted by atomic mass is 32.1. The van der Waals surface area contributed by atoms with Crippen molar-refractivity contribution in [3.05, 3.63) is 16.1 Å². The fourth-order valence-corrected chi connectivity index (χ4v) is 2.85. The number of thiazole rings is 1. The average Bonchev–Trinajstić information content (AvgIpc) is 2.75. The number of carbonyl (C=O) groups is 1. The molecule has 1 fully saturated rings. The van der Waals surface area contributed by atoms with Crippen molar-refractivity contribution in [1.82, 2.24) is 9.88 Å². The van der Waals surface area contributed by atoms with Crippen LogP contribution in [-0.4, -0.2) is 34.0 Å². The van der Waals surface area contributed by atoms with E-state index >= 15 is 0 Å².